The molecule has 2 N–H and O–H groups in total. The molecule has 10 heteroatoms. The molecule has 3 aromatic rings. The summed E-state index contributed by atoms with van der Waals surface area (Å²) in [4.78, 5) is 7.85. The van der Waals surface area contributed by atoms with Crippen LogP contribution in [0.5, 0.6) is 17.2 Å². The Balaban J connectivity index is 1.62. The average Bonchev–Trinajstić information content (AvgIpc) is 3.48. The predicted molar refractivity (Wildman–Crippen MR) is 131 cm³/mol. The van der Waals surface area contributed by atoms with Gasteiger partial charge in [-0.05, 0) is 55.5 Å². The molecule has 0 saturated carbocycles. The Labute approximate surface area is 204 Å². The van der Waals surface area contributed by atoms with Crippen LogP contribution in [0.1, 0.15) is 12.6 Å². The summed E-state index contributed by atoms with van der Waals surface area (Å²) in [5.41, 5.74) is 2.30. The summed E-state index contributed by atoms with van der Waals surface area (Å²) in [6, 6.07) is 15.5. The number of nitrogens with one attached hydrogen (secondary N) is 1. The van der Waals surface area contributed by atoms with Gasteiger partial charge in [0, 0.05) is 30.7 Å². The molecule has 0 amide bonds. The first-order valence-electron chi connectivity index (χ1n) is 11.1. The molecule has 2 aromatic carbocycles. The maximum absolute atomic E-state index is 11.7. The molecule has 1 aromatic heterocycles. The number of aliphatic imine (C=N–C) groups is 1. The van der Waals surface area contributed by atoms with Crippen molar-refractivity contribution < 1.29 is 32.5 Å². The molecule has 2 atom stereocenters. The largest absolute Gasteiger partial charge is 0.488 e. The van der Waals surface area contributed by atoms with Crippen LogP contribution in [0, 0.1) is 0 Å². The van der Waals surface area contributed by atoms with E-state index in [1.54, 1.807) is 25.3 Å². The number of aromatic nitrogens is 1. The fourth-order valence-corrected chi connectivity index (χ4v) is 4.23. The second-order valence-electron chi connectivity index (χ2n) is 8.28. The van der Waals surface area contributed by atoms with E-state index in [0.717, 1.165) is 17.5 Å². The molecule has 9 nitrogen and oxygen atoms in total. The van der Waals surface area contributed by atoms with E-state index in [0.29, 0.717) is 42.0 Å². The summed E-state index contributed by atoms with van der Waals surface area (Å²) in [7, 11) is -1.68. The van der Waals surface area contributed by atoms with Crippen molar-refractivity contribution in [2.75, 3.05) is 33.1 Å². The second kappa shape index (κ2) is 10.5. The molecule has 4 rings (SSSR count). The molecular formula is C25H28N2O7S. The van der Waals surface area contributed by atoms with Crippen molar-refractivity contribution in [3.63, 3.8) is 0 Å². The molecule has 1 aliphatic rings. The van der Waals surface area contributed by atoms with Crippen LogP contribution in [0.25, 0.3) is 11.3 Å². The van der Waals surface area contributed by atoms with Crippen LogP contribution in [0.15, 0.2) is 64.5 Å². The summed E-state index contributed by atoms with van der Waals surface area (Å²) in [6.07, 6.45) is 0.645. The van der Waals surface area contributed by atoms with Crippen LogP contribution in [0.3, 0.4) is 0 Å². The number of rotatable bonds is 10. The van der Waals surface area contributed by atoms with Crippen molar-refractivity contribution in [3.8, 4) is 28.5 Å². The lowest BCUT2D eigenvalue weighted by atomic mass is 10.1. The second-order valence-corrected chi connectivity index (χ2v) is 10.3. The number of aliphatic hydroxyl groups is 1. The number of methoxy groups -OCH3 is 1. The minimum absolute atomic E-state index is 0.0918. The van der Waals surface area contributed by atoms with Crippen molar-refractivity contribution in [2.45, 2.75) is 24.0 Å². The van der Waals surface area contributed by atoms with Crippen LogP contribution >= 0.6 is 0 Å². The van der Waals surface area contributed by atoms with Crippen LogP contribution in [-0.4, -0.2) is 69.7 Å². The van der Waals surface area contributed by atoms with Gasteiger partial charge in [-0.25, -0.2) is 13.4 Å². The van der Waals surface area contributed by atoms with Gasteiger partial charge in [-0.2, -0.15) is 0 Å². The highest BCUT2D eigenvalue weighted by Crippen LogP contribution is 2.33. The highest BCUT2D eigenvalue weighted by Gasteiger charge is 2.21. The highest BCUT2D eigenvalue weighted by atomic mass is 32.2. The Bertz CT molecular complexity index is 1300. The molecule has 0 fully saturated rings. The van der Waals surface area contributed by atoms with E-state index >= 15 is 0 Å². The summed E-state index contributed by atoms with van der Waals surface area (Å²) in [6.45, 7) is 2.65. The Hall–Kier alpha value is -3.34. The zero-order valence-corrected chi connectivity index (χ0v) is 20.5. The molecule has 0 bridgehead atoms. The van der Waals surface area contributed by atoms with Crippen molar-refractivity contribution in [1.29, 1.82) is 0 Å². The number of hydrogen-bond acceptors (Lipinski definition) is 8. The zero-order chi connectivity index (χ0) is 25.0. The molecule has 0 saturated heterocycles. The fourth-order valence-electron chi connectivity index (χ4n) is 3.60. The molecule has 186 valence electrons. The molecule has 1 aliphatic heterocycles. The third-order valence-electron chi connectivity index (χ3n) is 5.25. The number of sulfone groups is 1. The Morgan fingerprint density at radius 2 is 1.80 bits per heavy atom. The molecule has 0 radical (unpaired) electrons. The van der Waals surface area contributed by atoms with E-state index in [2.05, 4.69) is 9.98 Å². The van der Waals surface area contributed by atoms with E-state index in [4.69, 9.17) is 18.9 Å². The Morgan fingerprint density at radius 3 is 2.46 bits per heavy atom. The van der Waals surface area contributed by atoms with Crippen LogP contribution in [-0.2, 0) is 19.3 Å². The lowest BCUT2D eigenvalue weighted by molar-refractivity contribution is 0.0920. The van der Waals surface area contributed by atoms with E-state index in [1.165, 1.54) is 12.1 Å². The SMILES string of the molecule is COC[C@H](C)Oc1cc(Oc2ccc(S(C)(=O)=O)cc2)cc(-c2ccc(C3=NC[C@H](CO)O3)[nH]2)c1. The Morgan fingerprint density at radius 1 is 1.09 bits per heavy atom. The fraction of sp³-hybridized carbons (Fsp3) is 0.320. The molecule has 0 aliphatic carbocycles. The summed E-state index contributed by atoms with van der Waals surface area (Å²) < 4.78 is 46.3. The van der Waals surface area contributed by atoms with E-state index in [9.17, 15) is 13.5 Å². The van der Waals surface area contributed by atoms with Crippen LogP contribution in [0.2, 0.25) is 0 Å². The number of H-pyrrole nitrogens is 1. The number of ether oxygens (including phenoxy) is 4. The third kappa shape index (κ3) is 6.21. The van der Waals surface area contributed by atoms with Gasteiger partial charge in [0.2, 0.25) is 5.90 Å². The molecule has 2 heterocycles. The molecule has 35 heavy (non-hydrogen) atoms. The first-order chi connectivity index (χ1) is 16.7. The topological polar surface area (TPSA) is 119 Å². The standard InChI is InChI=1S/C25H28N2O7S/c1-16(15-31-2)32-19-10-17(23-8-9-24(27-23)25-26-13-21(14-28)34-25)11-20(12-19)33-18-4-6-22(7-5-18)35(3,29)30/h4-12,16,21,27-28H,13-15H2,1-3H3/t16-,21+/m0/s1. The van der Waals surface area contributed by atoms with Gasteiger partial charge in [-0.3, -0.25) is 0 Å². The minimum atomic E-state index is -3.30. The lowest BCUT2D eigenvalue weighted by Gasteiger charge is -2.16. The van der Waals surface area contributed by atoms with Crippen molar-refractivity contribution in [3.05, 3.63) is 60.3 Å². The normalized spacial score (nSPS) is 16.5. The van der Waals surface area contributed by atoms with Crippen LogP contribution in [0.4, 0.5) is 0 Å². The lowest BCUT2D eigenvalue weighted by Crippen LogP contribution is -2.18. The monoisotopic (exact) mass is 500 g/mol. The van der Waals surface area contributed by atoms with E-state index in [-0.39, 0.29) is 23.7 Å². The van der Waals surface area contributed by atoms with Crippen molar-refractivity contribution in [2.24, 2.45) is 4.99 Å². The summed E-state index contributed by atoms with van der Waals surface area (Å²) in [5, 5.41) is 9.29. The maximum Gasteiger partial charge on any atom is 0.233 e. The quantitative estimate of drug-likeness (QED) is 0.438. The Kier molecular flexibility index (Phi) is 7.44. The van der Waals surface area contributed by atoms with E-state index < -0.39 is 9.84 Å². The minimum Gasteiger partial charge on any atom is -0.488 e. The molecule has 0 unspecified atom stereocenters. The number of nitrogens with zero attached hydrogens (tertiary/aromatic N) is 1. The first kappa shape index (κ1) is 24.8. The van der Waals surface area contributed by atoms with Gasteiger partial charge in [0.25, 0.3) is 0 Å². The average molecular weight is 501 g/mol. The zero-order valence-electron chi connectivity index (χ0n) is 19.7. The molecule has 0 spiro atoms. The van der Waals surface area contributed by atoms with E-state index in [1.807, 2.05) is 31.2 Å². The van der Waals surface area contributed by atoms with Gasteiger partial charge in [0.1, 0.15) is 35.2 Å². The highest BCUT2D eigenvalue weighted by molar-refractivity contribution is 7.90. The smallest absolute Gasteiger partial charge is 0.233 e. The van der Waals surface area contributed by atoms with Crippen molar-refractivity contribution in [1.82, 2.24) is 4.98 Å². The van der Waals surface area contributed by atoms with Crippen molar-refractivity contribution >= 4 is 15.7 Å². The van der Waals surface area contributed by atoms with Gasteiger partial charge >= 0.3 is 0 Å². The predicted octanol–water partition coefficient (Wildman–Crippen LogP) is 3.43. The molecular weight excluding hydrogens is 472 g/mol. The first-order valence-corrected chi connectivity index (χ1v) is 12.9. The van der Waals surface area contributed by atoms with Gasteiger partial charge < -0.3 is 29.0 Å². The maximum atomic E-state index is 11.7. The van der Waals surface area contributed by atoms with Gasteiger partial charge in [-0.1, -0.05) is 0 Å². The number of hydrogen-bond donors (Lipinski definition) is 2. The van der Waals surface area contributed by atoms with Gasteiger partial charge in [0.05, 0.1) is 24.7 Å². The van der Waals surface area contributed by atoms with Gasteiger partial charge in [-0.15, -0.1) is 0 Å². The van der Waals surface area contributed by atoms with Gasteiger partial charge in [0.15, 0.2) is 9.84 Å². The summed E-state index contributed by atoms with van der Waals surface area (Å²) >= 11 is 0. The number of aliphatic hydroxyl groups excluding tert-OH is 1. The number of benzene rings is 2. The number of aromatic amines is 1. The summed E-state index contributed by atoms with van der Waals surface area (Å²) in [5.74, 6) is 2.04. The third-order valence-corrected chi connectivity index (χ3v) is 6.38. The van der Waals surface area contributed by atoms with Crippen LogP contribution < -0.4 is 9.47 Å².